The standard InChI is InChI=1S/C21H25NO4/c1-3-16-18(17-9-10-24-20(16)17)22-21(23)19-13(2)11-15(26-19)12-25-14-7-5-4-6-8-14/h4-8,11,16-18,20H,3,9-10,12H2,1-2H3,(H,22,23)/t16-,17+,18-,20-/m1/s1. The minimum Gasteiger partial charge on any atom is -0.486 e. The number of aryl methyl sites for hydroxylation is 1. The number of carbonyl (C=O) groups excluding carboxylic acids is 1. The number of nitrogens with one attached hydrogen (secondary N) is 1. The summed E-state index contributed by atoms with van der Waals surface area (Å²) in [4.78, 5) is 12.7. The van der Waals surface area contributed by atoms with Crippen LogP contribution < -0.4 is 10.1 Å². The summed E-state index contributed by atoms with van der Waals surface area (Å²) in [6.07, 6.45) is 2.36. The molecule has 1 saturated carbocycles. The van der Waals surface area contributed by atoms with E-state index in [0.29, 0.717) is 36.1 Å². The van der Waals surface area contributed by atoms with Crippen molar-refractivity contribution in [2.45, 2.75) is 45.4 Å². The largest absolute Gasteiger partial charge is 0.486 e. The number of hydrogen-bond donors (Lipinski definition) is 1. The van der Waals surface area contributed by atoms with E-state index in [4.69, 9.17) is 13.9 Å². The number of fused-ring (bicyclic) bond motifs is 1. The number of para-hydroxylation sites is 1. The fraction of sp³-hybridized carbons (Fsp3) is 0.476. The van der Waals surface area contributed by atoms with Crippen molar-refractivity contribution in [3.8, 4) is 5.75 Å². The van der Waals surface area contributed by atoms with Gasteiger partial charge in [-0.3, -0.25) is 4.79 Å². The highest BCUT2D eigenvalue weighted by Crippen LogP contribution is 2.45. The molecule has 2 heterocycles. The third-order valence-electron chi connectivity index (χ3n) is 5.60. The van der Waals surface area contributed by atoms with Crippen LogP contribution >= 0.6 is 0 Å². The number of rotatable bonds is 6. The number of hydrogen-bond acceptors (Lipinski definition) is 4. The van der Waals surface area contributed by atoms with Crippen LogP contribution in [0, 0.1) is 18.8 Å². The zero-order valence-electron chi connectivity index (χ0n) is 15.2. The van der Waals surface area contributed by atoms with Crippen molar-refractivity contribution >= 4 is 5.91 Å². The number of carbonyl (C=O) groups is 1. The molecule has 1 aliphatic carbocycles. The lowest BCUT2D eigenvalue weighted by Gasteiger charge is -2.47. The second-order valence-corrected chi connectivity index (χ2v) is 7.19. The Hall–Kier alpha value is -2.27. The molecule has 138 valence electrons. The Balaban J connectivity index is 1.39. The molecule has 2 aromatic rings. The van der Waals surface area contributed by atoms with Crippen LogP contribution in [0.4, 0.5) is 0 Å². The first-order valence-corrected chi connectivity index (χ1v) is 9.37. The van der Waals surface area contributed by atoms with Gasteiger partial charge in [-0.1, -0.05) is 25.1 Å². The van der Waals surface area contributed by atoms with Gasteiger partial charge in [-0.2, -0.15) is 0 Å². The van der Waals surface area contributed by atoms with Crippen LogP contribution in [-0.4, -0.2) is 24.7 Å². The number of benzene rings is 1. The molecule has 2 aliphatic rings. The van der Waals surface area contributed by atoms with Gasteiger partial charge in [-0.05, 0) is 38.0 Å². The van der Waals surface area contributed by atoms with Gasteiger partial charge in [0, 0.05) is 30.0 Å². The molecule has 4 atom stereocenters. The van der Waals surface area contributed by atoms with E-state index in [1.165, 1.54) is 0 Å². The van der Waals surface area contributed by atoms with Gasteiger partial charge in [0.15, 0.2) is 5.76 Å². The van der Waals surface area contributed by atoms with E-state index in [1.807, 2.05) is 43.3 Å². The molecule has 4 rings (SSSR count). The van der Waals surface area contributed by atoms with Crippen LogP contribution in [-0.2, 0) is 11.3 Å². The average molecular weight is 355 g/mol. The highest BCUT2D eigenvalue weighted by molar-refractivity contribution is 5.93. The zero-order chi connectivity index (χ0) is 18.1. The van der Waals surface area contributed by atoms with E-state index in [1.54, 1.807) is 0 Å². The zero-order valence-corrected chi connectivity index (χ0v) is 15.2. The molecule has 1 aromatic carbocycles. The van der Waals surface area contributed by atoms with E-state index in [2.05, 4.69) is 12.2 Å². The molecule has 0 bridgehead atoms. The van der Waals surface area contributed by atoms with Crippen LogP contribution in [0.5, 0.6) is 5.75 Å². The quantitative estimate of drug-likeness (QED) is 0.858. The maximum Gasteiger partial charge on any atom is 0.287 e. The molecule has 1 amide bonds. The second kappa shape index (κ2) is 7.16. The van der Waals surface area contributed by atoms with E-state index in [0.717, 1.165) is 30.8 Å². The minimum absolute atomic E-state index is 0.137. The monoisotopic (exact) mass is 355 g/mol. The van der Waals surface area contributed by atoms with Crippen molar-refractivity contribution in [3.63, 3.8) is 0 Å². The maximum absolute atomic E-state index is 12.7. The molecule has 1 aromatic heterocycles. The first-order valence-electron chi connectivity index (χ1n) is 9.37. The Bertz CT molecular complexity index is 770. The van der Waals surface area contributed by atoms with E-state index in [-0.39, 0.29) is 11.9 Å². The van der Waals surface area contributed by atoms with Gasteiger partial charge in [0.1, 0.15) is 18.1 Å². The first kappa shape index (κ1) is 17.2. The predicted molar refractivity (Wildman–Crippen MR) is 97.1 cm³/mol. The molecule has 1 saturated heterocycles. The lowest BCUT2D eigenvalue weighted by atomic mass is 9.65. The summed E-state index contributed by atoms with van der Waals surface area (Å²) in [5.74, 6) is 2.53. The van der Waals surface area contributed by atoms with Crippen LogP contribution in [0.3, 0.4) is 0 Å². The van der Waals surface area contributed by atoms with E-state index >= 15 is 0 Å². The SMILES string of the molecule is CC[C@@H]1[C@@H](NC(=O)c2oc(COc3ccccc3)cc2C)[C@@H]2CCO[C@H]12. The Morgan fingerprint density at radius 2 is 2.12 bits per heavy atom. The Labute approximate surface area is 153 Å². The lowest BCUT2D eigenvalue weighted by molar-refractivity contribution is -0.0547. The lowest BCUT2D eigenvalue weighted by Crippen LogP contribution is -2.61. The third-order valence-corrected chi connectivity index (χ3v) is 5.60. The Morgan fingerprint density at radius 1 is 1.31 bits per heavy atom. The Morgan fingerprint density at radius 3 is 2.88 bits per heavy atom. The smallest absolute Gasteiger partial charge is 0.287 e. The van der Waals surface area contributed by atoms with Crippen molar-refractivity contribution in [2.24, 2.45) is 11.8 Å². The summed E-state index contributed by atoms with van der Waals surface area (Å²) in [6, 6.07) is 11.6. The maximum atomic E-state index is 12.7. The van der Waals surface area contributed by atoms with Crippen molar-refractivity contribution in [1.29, 1.82) is 0 Å². The third kappa shape index (κ3) is 3.12. The fourth-order valence-electron chi connectivity index (χ4n) is 4.26. The number of amides is 1. The molecule has 26 heavy (non-hydrogen) atoms. The topological polar surface area (TPSA) is 60.7 Å². The van der Waals surface area contributed by atoms with Crippen LogP contribution in [0.2, 0.25) is 0 Å². The minimum atomic E-state index is -0.137. The van der Waals surface area contributed by atoms with Gasteiger partial charge in [0.2, 0.25) is 0 Å². The van der Waals surface area contributed by atoms with Gasteiger partial charge in [0.25, 0.3) is 5.91 Å². The average Bonchev–Trinajstić information content (AvgIpc) is 3.23. The highest BCUT2D eigenvalue weighted by atomic mass is 16.5. The molecule has 5 heteroatoms. The molecule has 0 radical (unpaired) electrons. The van der Waals surface area contributed by atoms with Crippen molar-refractivity contribution in [1.82, 2.24) is 5.32 Å². The van der Waals surface area contributed by atoms with Crippen LogP contribution in [0.25, 0.3) is 0 Å². The normalized spacial score (nSPS) is 26.8. The van der Waals surface area contributed by atoms with E-state index < -0.39 is 0 Å². The summed E-state index contributed by atoms with van der Waals surface area (Å²) in [5, 5.41) is 3.18. The summed E-state index contributed by atoms with van der Waals surface area (Å²) < 4.78 is 17.3. The fourth-order valence-corrected chi connectivity index (χ4v) is 4.26. The molecule has 0 unspecified atom stereocenters. The number of ether oxygens (including phenoxy) is 2. The second-order valence-electron chi connectivity index (χ2n) is 7.19. The summed E-state index contributed by atoms with van der Waals surface area (Å²) in [7, 11) is 0. The van der Waals surface area contributed by atoms with Crippen LogP contribution in [0.1, 0.15) is 41.6 Å². The molecule has 0 spiro atoms. The predicted octanol–water partition coefficient (Wildman–Crippen LogP) is 3.71. The van der Waals surface area contributed by atoms with Crippen molar-refractivity contribution in [2.75, 3.05) is 6.61 Å². The van der Waals surface area contributed by atoms with Crippen LogP contribution in [0.15, 0.2) is 40.8 Å². The molecule has 5 nitrogen and oxygen atoms in total. The van der Waals surface area contributed by atoms with Gasteiger partial charge in [-0.15, -0.1) is 0 Å². The molecule has 2 fully saturated rings. The summed E-state index contributed by atoms with van der Waals surface area (Å²) in [5.41, 5.74) is 0.834. The molecule has 1 aliphatic heterocycles. The van der Waals surface area contributed by atoms with Crippen molar-refractivity contribution in [3.05, 3.63) is 53.5 Å². The van der Waals surface area contributed by atoms with Crippen molar-refractivity contribution < 1.29 is 18.7 Å². The Kier molecular flexibility index (Phi) is 4.72. The van der Waals surface area contributed by atoms with Gasteiger partial charge in [0.05, 0.1) is 6.10 Å². The molecular weight excluding hydrogens is 330 g/mol. The highest BCUT2D eigenvalue weighted by Gasteiger charge is 2.53. The number of furan rings is 1. The van der Waals surface area contributed by atoms with Gasteiger partial charge >= 0.3 is 0 Å². The van der Waals surface area contributed by atoms with Gasteiger partial charge in [-0.25, -0.2) is 0 Å². The summed E-state index contributed by atoms with van der Waals surface area (Å²) >= 11 is 0. The first-order chi connectivity index (χ1) is 12.7. The van der Waals surface area contributed by atoms with E-state index in [9.17, 15) is 4.79 Å². The van der Waals surface area contributed by atoms with Gasteiger partial charge < -0.3 is 19.2 Å². The molecule has 1 N–H and O–H groups in total. The summed E-state index contributed by atoms with van der Waals surface area (Å²) in [6.45, 7) is 5.15. The molecular formula is C21H25NO4.